The Balaban J connectivity index is 1.58. The van der Waals surface area contributed by atoms with Crippen LogP contribution in [0, 0.1) is 6.92 Å². The summed E-state index contributed by atoms with van der Waals surface area (Å²) in [4.78, 5) is 42.7. The maximum Gasteiger partial charge on any atom is 0.254 e. The molecule has 8 nitrogen and oxygen atoms in total. The van der Waals surface area contributed by atoms with Crippen LogP contribution in [0.15, 0.2) is 47.3 Å². The summed E-state index contributed by atoms with van der Waals surface area (Å²) >= 11 is 0. The number of β-lactam (4-membered cyclic amide) rings is 1. The van der Waals surface area contributed by atoms with Gasteiger partial charge in [-0.2, -0.15) is 0 Å². The van der Waals surface area contributed by atoms with Crippen molar-refractivity contribution in [1.82, 2.24) is 9.88 Å². The SMILES string of the molecule is Cc1ccccc1NC(=O)[C@@H](c1cc2cc3c(cc2[nH]c1=O)OCCO3)N1CCC1=O. The van der Waals surface area contributed by atoms with Crippen molar-refractivity contribution in [2.24, 2.45) is 0 Å². The molecule has 3 aromatic rings. The van der Waals surface area contributed by atoms with Gasteiger partial charge in [0.1, 0.15) is 19.3 Å². The molecule has 158 valence electrons. The predicted molar refractivity (Wildman–Crippen MR) is 114 cm³/mol. The molecule has 0 bridgehead atoms. The fraction of sp³-hybridized carbons (Fsp3) is 0.261. The number of anilines is 1. The van der Waals surface area contributed by atoms with E-state index in [0.29, 0.717) is 54.3 Å². The molecule has 2 amide bonds. The molecule has 0 unspecified atom stereocenters. The van der Waals surface area contributed by atoms with Gasteiger partial charge in [0.2, 0.25) is 5.91 Å². The highest BCUT2D eigenvalue weighted by Crippen LogP contribution is 2.35. The van der Waals surface area contributed by atoms with Gasteiger partial charge in [0, 0.05) is 35.7 Å². The number of rotatable bonds is 4. The zero-order valence-corrected chi connectivity index (χ0v) is 16.9. The number of aromatic amines is 1. The molecule has 1 atom stereocenters. The number of aromatic nitrogens is 1. The van der Waals surface area contributed by atoms with Crippen molar-refractivity contribution < 1.29 is 19.1 Å². The van der Waals surface area contributed by atoms with Crippen LogP contribution in [-0.4, -0.2) is 41.5 Å². The van der Waals surface area contributed by atoms with Gasteiger partial charge in [0.25, 0.3) is 11.5 Å². The minimum atomic E-state index is -1.03. The fourth-order valence-corrected chi connectivity index (χ4v) is 3.93. The molecule has 31 heavy (non-hydrogen) atoms. The smallest absolute Gasteiger partial charge is 0.254 e. The maximum absolute atomic E-state index is 13.3. The summed E-state index contributed by atoms with van der Waals surface area (Å²) in [5, 5.41) is 3.57. The van der Waals surface area contributed by atoms with Crippen LogP contribution in [0.4, 0.5) is 5.69 Å². The highest BCUT2D eigenvalue weighted by Gasteiger charge is 2.38. The number of para-hydroxylation sites is 1. The van der Waals surface area contributed by atoms with Crippen LogP contribution < -0.4 is 20.3 Å². The third-order valence-corrected chi connectivity index (χ3v) is 5.68. The lowest BCUT2D eigenvalue weighted by Gasteiger charge is -2.37. The first-order chi connectivity index (χ1) is 15.0. The third-order valence-electron chi connectivity index (χ3n) is 5.68. The molecule has 0 saturated carbocycles. The number of likely N-dealkylation sites (tertiary alicyclic amines) is 1. The van der Waals surface area contributed by atoms with Crippen molar-refractivity contribution >= 4 is 28.4 Å². The van der Waals surface area contributed by atoms with Gasteiger partial charge in [-0.25, -0.2) is 0 Å². The molecule has 1 fully saturated rings. The van der Waals surface area contributed by atoms with E-state index < -0.39 is 17.5 Å². The minimum Gasteiger partial charge on any atom is -0.486 e. The van der Waals surface area contributed by atoms with Crippen molar-refractivity contribution in [2.75, 3.05) is 25.1 Å². The second-order valence-electron chi connectivity index (χ2n) is 7.68. The van der Waals surface area contributed by atoms with Crippen LogP contribution in [0.1, 0.15) is 23.6 Å². The zero-order valence-electron chi connectivity index (χ0n) is 16.9. The van der Waals surface area contributed by atoms with E-state index >= 15 is 0 Å². The molecule has 0 aliphatic carbocycles. The van der Waals surface area contributed by atoms with Gasteiger partial charge in [-0.15, -0.1) is 0 Å². The minimum absolute atomic E-state index is 0.161. The quantitative estimate of drug-likeness (QED) is 0.633. The Labute approximate surface area is 177 Å². The molecule has 1 aromatic heterocycles. The van der Waals surface area contributed by atoms with Gasteiger partial charge < -0.3 is 24.7 Å². The number of fused-ring (bicyclic) bond motifs is 2. The van der Waals surface area contributed by atoms with E-state index in [4.69, 9.17) is 9.47 Å². The van der Waals surface area contributed by atoms with E-state index in [1.54, 1.807) is 24.3 Å². The summed E-state index contributed by atoms with van der Waals surface area (Å²) in [6.45, 7) is 3.19. The summed E-state index contributed by atoms with van der Waals surface area (Å²) in [5.41, 5.74) is 1.89. The number of H-pyrrole nitrogens is 1. The zero-order chi connectivity index (χ0) is 21.5. The first kappa shape index (κ1) is 19.2. The molecule has 2 aromatic carbocycles. The molecular formula is C23H21N3O5. The maximum atomic E-state index is 13.3. The lowest BCUT2D eigenvalue weighted by atomic mass is 9.99. The van der Waals surface area contributed by atoms with Crippen molar-refractivity contribution in [2.45, 2.75) is 19.4 Å². The molecule has 3 heterocycles. The van der Waals surface area contributed by atoms with Gasteiger partial charge in [0.15, 0.2) is 11.5 Å². The van der Waals surface area contributed by atoms with Gasteiger partial charge in [0.05, 0.1) is 5.52 Å². The monoisotopic (exact) mass is 419 g/mol. The second kappa shape index (κ2) is 7.46. The number of carbonyl (C=O) groups is 2. The van der Waals surface area contributed by atoms with Crippen LogP contribution >= 0.6 is 0 Å². The van der Waals surface area contributed by atoms with Crippen molar-refractivity contribution in [3.05, 3.63) is 63.9 Å². The lowest BCUT2D eigenvalue weighted by Crippen LogP contribution is -2.50. The van der Waals surface area contributed by atoms with Crippen molar-refractivity contribution in [3.63, 3.8) is 0 Å². The molecule has 2 aliphatic heterocycles. The Bertz CT molecular complexity index is 1270. The van der Waals surface area contributed by atoms with E-state index in [0.717, 1.165) is 5.56 Å². The molecule has 1 saturated heterocycles. The normalized spacial score (nSPS) is 16.0. The van der Waals surface area contributed by atoms with Crippen LogP contribution in [-0.2, 0) is 9.59 Å². The summed E-state index contributed by atoms with van der Waals surface area (Å²) in [6, 6.07) is 11.5. The van der Waals surface area contributed by atoms with E-state index in [-0.39, 0.29) is 11.5 Å². The number of ether oxygens (including phenoxy) is 2. The summed E-state index contributed by atoms with van der Waals surface area (Å²) in [7, 11) is 0. The number of carbonyl (C=O) groups excluding carboxylic acids is 2. The van der Waals surface area contributed by atoms with E-state index in [1.807, 2.05) is 25.1 Å². The number of nitrogens with one attached hydrogen (secondary N) is 2. The number of pyridine rings is 1. The molecule has 8 heteroatoms. The Kier molecular flexibility index (Phi) is 4.62. The molecule has 0 spiro atoms. The van der Waals surface area contributed by atoms with Crippen LogP contribution in [0.5, 0.6) is 11.5 Å². The van der Waals surface area contributed by atoms with Gasteiger partial charge in [-0.1, -0.05) is 18.2 Å². The van der Waals surface area contributed by atoms with Gasteiger partial charge in [-0.3, -0.25) is 14.4 Å². The highest BCUT2D eigenvalue weighted by atomic mass is 16.6. The highest BCUT2D eigenvalue weighted by molar-refractivity contribution is 6.00. The Morgan fingerprint density at radius 3 is 2.52 bits per heavy atom. The number of aryl methyl sites for hydroxylation is 1. The first-order valence-electron chi connectivity index (χ1n) is 10.1. The summed E-state index contributed by atoms with van der Waals surface area (Å²) in [6.07, 6.45) is 0.359. The average Bonchev–Trinajstić information content (AvgIpc) is 2.76. The number of hydrogen-bond acceptors (Lipinski definition) is 5. The van der Waals surface area contributed by atoms with E-state index in [2.05, 4.69) is 10.3 Å². The topological polar surface area (TPSA) is 101 Å². The Morgan fingerprint density at radius 1 is 1.10 bits per heavy atom. The number of hydrogen-bond donors (Lipinski definition) is 2. The first-order valence-corrected chi connectivity index (χ1v) is 10.1. The largest absolute Gasteiger partial charge is 0.486 e. The van der Waals surface area contributed by atoms with Gasteiger partial charge in [-0.05, 0) is 30.7 Å². The summed E-state index contributed by atoms with van der Waals surface area (Å²) in [5.74, 6) is 0.558. The average molecular weight is 419 g/mol. The van der Waals surface area contributed by atoms with Crippen LogP contribution in [0.2, 0.25) is 0 Å². The van der Waals surface area contributed by atoms with Crippen LogP contribution in [0.25, 0.3) is 10.9 Å². The van der Waals surface area contributed by atoms with E-state index in [9.17, 15) is 14.4 Å². The fourth-order valence-electron chi connectivity index (χ4n) is 3.93. The van der Waals surface area contributed by atoms with E-state index in [1.165, 1.54) is 4.90 Å². The predicted octanol–water partition coefficient (Wildman–Crippen LogP) is 2.52. The molecule has 0 radical (unpaired) electrons. The second-order valence-corrected chi connectivity index (χ2v) is 7.68. The Morgan fingerprint density at radius 2 is 1.84 bits per heavy atom. The number of nitrogens with zero attached hydrogens (tertiary/aromatic N) is 1. The molecular weight excluding hydrogens is 398 g/mol. The van der Waals surface area contributed by atoms with Gasteiger partial charge >= 0.3 is 0 Å². The van der Waals surface area contributed by atoms with Crippen molar-refractivity contribution in [3.8, 4) is 11.5 Å². The lowest BCUT2D eigenvalue weighted by molar-refractivity contribution is -0.147. The molecule has 2 aliphatic rings. The molecule has 5 rings (SSSR count). The Hall–Kier alpha value is -3.81. The third kappa shape index (κ3) is 3.39. The standard InChI is InChI=1S/C23H21N3O5/c1-13-4-2-3-5-16(13)24-23(29)21(26-7-6-20(26)27)15-10-14-11-18-19(31-9-8-30-18)12-17(14)25-22(15)28/h2-5,10-12,21H,6-9H2,1H3,(H,24,29)(H,25,28)/t21-/m1/s1. The summed E-state index contributed by atoms with van der Waals surface area (Å²) < 4.78 is 11.2. The number of amides is 2. The number of benzene rings is 2. The van der Waals surface area contributed by atoms with Crippen LogP contribution in [0.3, 0.4) is 0 Å². The van der Waals surface area contributed by atoms with Crippen molar-refractivity contribution in [1.29, 1.82) is 0 Å². The molecule has 2 N–H and O–H groups in total.